The Kier molecular flexibility index (Phi) is 8.50. The number of phenols is 1. The number of benzene rings is 2. The van der Waals surface area contributed by atoms with Gasteiger partial charge in [-0.1, -0.05) is 55.4 Å². The molecule has 0 spiro atoms. The molecular weight excluding hydrogens is 336 g/mol. The molecule has 0 heterocycles. The lowest BCUT2D eigenvalue weighted by Crippen LogP contribution is -2.26. The van der Waals surface area contributed by atoms with Crippen molar-refractivity contribution >= 4 is 17.3 Å². The molecule has 2 N–H and O–H groups in total. The van der Waals surface area contributed by atoms with Gasteiger partial charge in [-0.2, -0.15) is 5.11 Å². The van der Waals surface area contributed by atoms with Gasteiger partial charge < -0.3 is 10.4 Å². The molecule has 0 atom stereocenters. The summed E-state index contributed by atoms with van der Waals surface area (Å²) in [5.41, 5.74) is 2.68. The van der Waals surface area contributed by atoms with Crippen molar-refractivity contribution in [2.45, 2.75) is 27.3 Å². The van der Waals surface area contributed by atoms with Gasteiger partial charge in [-0.25, -0.2) is 5.01 Å². The fourth-order valence-electron chi connectivity index (χ4n) is 2.01. The Morgan fingerprint density at radius 2 is 1.96 bits per heavy atom. The molecule has 0 aliphatic rings. The Balaban J connectivity index is 0.00000151. The number of hydrogen-bond donors (Lipinski definition) is 2. The van der Waals surface area contributed by atoms with Crippen LogP contribution in [0.1, 0.15) is 25.0 Å². The third-order valence-electron chi connectivity index (χ3n) is 3.24. The molecule has 2 rings (SSSR count). The Bertz CT molecular complexity index is 731. The van der Waals surface area contributed by atoms with Crippen LogP contribution in [0, 0.1) is 6.92 Å². The van der Waals surface area contributed by atoms with Gasteiger partial charge in [-0.3, -0.25) is 0 Å². The number of halogens is 1. The Labute approximate surface area is 154 Å². The molecule has 0 aliphatic carbocycles. The zero-order chi connectivity index (χ0) is 18.8. The molecule has 5 nitrogen and oxygen atoms in total. The molecule has 0 saturated carbocycles. The van der Waals surface area contributed by atoms with E-state index in [4.69, 9.17) is 11.6 Å². The highest BCUT2D eigenvalue weighted by Crippen LogP contribution is 2.25. The van der Waals surface area contributed by atoms with Crippen LogP contribution in [0.2, 0.25) is 5.02 Å². The first-order chi connectivity index (χ1) is 12.0. The predicted octanol–water partition coefficient (Wildman–Crippen LogP) is 5.44. The van der Waals surface area contributed by atoms with E-state index < -0.39 is 0 Å². The zero-order valence-corrected chi connectivity index (χ0v) is 15.9. The number of nitrogens with zero attached hydrogens (tertiary/aromatic N) is 3. The second-order valence-electron chi connectivity index (χ2n) is 5.00. The van der Waals surface area contributed by atoms with Crippen LogP contribution in [0.25, 0.3) is 0 Å². The molecule has 6 heteroatoms. The fourth-order valence-corrected chi connectivity index (χ4v) is 2.18. The van der Waals surface area contributed by atoms with E-state index in [2.05, 4.69) is 22.2 Å². The number of aromatic hydroxyl groups is 1. The Morgan fingerprint density at radius 3 is 2.56 bits per heavy atom. The van der Waals surface area contributed by atoms with Crippen molar-refractivity contribution in [3.05, 3.63) is 71.0 Å². The maximum absolute atomic E-state index is 9.50. The van der Waals surface area contributed by atoms with Gasteiger partial charge in [0.1, 0.15) is 11.6 Å². The number of phenolic OH excluding ortho intramolecular Hbond substituents is 1. The van der Waals surface area contributed by atoms with E-state index in [0.29, 0.717) is 17.4 Å². The highest BCUT2D eigenvalue weighted by molar-refractivity contribution is 6.31. The Hall–Kier alpha value is -2.53. The molecule has 2 aromatic carbocycles. The first kappa shape index (κ1) is 20.5. The highest BCUT2D eigenvalue weighted by Gasteiger charge is 2.11. The van der Waals surface area contributed by atoms with Crippen LogP contribution in [0.5, 0.6) is 5.75 Å². The molecule has 0 fully saturated rings. The van der Waals surface area contributed by atoms with Crippen LogP contribution < -0.4 is 10.3 Å². The number of nitrogens with one attached hydrogen (secondary N) is 1. The van der Waals surface area contributed by atoms with E-state index in [1.807, 2.05) is 45.0 Å². The van der Waals surface area contributed by atoms with Crippen molar-refractivity contribution < 1.29 is 5.11 Å². The average Bonchev–Trinajstić information content (AvgIpc) is 2.62. The van der Waals surface area contributed by atoms with Gasteiger partial charge in [0.25, 0.3) is 0 Å². The summed E-state index contributed by atoms with van der Waals surface area (Å²) in [6.45, 7) is 10.4. The predicted molar refractivity (Wildman–Crippen MR) is 105 cm³/mol. The number of hydrogen-bond acceptors (Lipinski definition) is 4. The maximum Gasteiger partial charge on any atom is 0.122 e. The normalized spacial score (nSPS) is 10.1. The van der Waals surface area contributed by atoms with Crippen molar-refractivity contribution in [2.75, 3.05) is 12.1 Å². The van der Waals surface area contributed by atoms with Crippen molar-refractivity contribution in [1.82, 2.24) is 5.32 Å². The van der Waals surface area contributed by atoms with Crippen LogP contribution in [0.15, 0.2) is 65.2 Å². The maximum atomic E-state index is 9.50. The summed E-state index contributed by atoms with van der Waals surface area (Å²) in [6, 6.07) is 12.6. The molecule has 0 radical (unpaired) electrons. The van der Waals surface area contributed by atoms with E-state index in [9.17, 15) is 5.11 Å². The zero-order valence-electron chi connectivity index (χ0n) is 15.1. The van der Waals surface area contributed by atoms with Crippen molar-refractivity contribution in [3.8, 4) is 5.75 Å². The minimum absolute atomic E-state index is 0.227. The van der Waals surface area contributed by atoms with Crippen molar-refractivity contribution in [3.63, 3.8) is 0 Å². The quantitative estimate of drug-likeness (QED) is 0.532. The van der Waals surface area contributed by atoms with Gasteiger partial charge >= 0.3 is 0 Å². The van der Waals surface area contributed by atoms with Gasteiger partial charge in [0.2, 0.25) is 0 Å². The van der Waals surface area contributed by atoms with Gasteiger partial charge in [0.05, 0.1) is 12.7 Å². The Morgan fingerprint density at radius 1 is 1.24 bits per heavy atom. The molecule has 134 valence electrons. The number of anilines is 1. The van der Waals surface area contributed by atoms with Crippen molar-refractivity contribution in [1.29, 1.82) is 0 Å². The van der Waals surface area contributed by atoms with E-state index in [0.717, 1.165) is 16.8 Å². The summed E-state index contributed by atoms with van der Waals surface area (Å²) < 4.78 is 0. The molecule has 0 aromatic heterocycles. The largest absolute Gasteiger partial charge is 0.508 e. The SMILES string of the molecule is C=C(NCc1cccc(O)c1)N(N=NC)c1ccc(C)c(Cl)c1.CC. The van der Waals surface area contributed by atoms with Crippen molar-refractivity contribution in [2.24, 2.45) is 10.3 Å². The minimum atomic E-state index is 0.227. The van der Waals surface area contributed by atoms with Crippen LogP contribution in [-0.4, -0.2) is 12.2 Å². The van der Waals surface area contributed by atoms with Gasteiger partial charge in [0.15, 0.2) is 0 Å². The van der Waals surface area contributed by atoms with E-state index in [1.54, 1.807) is 30.3 Å². The molecule has 0 unspecified atom stereocenters. The summed E-state index contributed by atoms with van der Waals surface area (Å²) in [4.78, 5) is 0. The third-order valence-corrected chi connectivity index (χ3v) is 3.65. The van der Waals surface area contributed by atoms with E-state index in [-0.39, 0.29) is 5.75 Å². The fraction of sp³-hybridized carbons (Fsp3) is 0.263. The molecule has 25 heavy (non-hydrogen) atoms. The molecule has 0 amide bonds. The first-order valence-corrected chi connectivity index (χ1v) is 8.46. The third kappa shape index (κ3) is 6.12. The van der Waals surface area contributed by atoms with Crippen LogP contribution in [-0.2, 0) is 6.54 Å². The average molecular weight is 361 g/mol. The standard InChI is InChI=1S/C17H19ClN4O.C2H6/c1-12-7-8-15(10-17(12)18)22(21-19-3)13(2)20-11-14-5-4-6-16(23)9-14;1-2/h4-10,20,23H,2,11H2,1,3H3;1-2H3. The molecule has 2 aromatic rings. The highest BCUT2D eigenvalue weighted by atomic mass is 35.5. The summed E-state index contributed by atoms with van der Waals surface area (Å²) >= 11 is 6.18. The van der Waals surface area contributed by atoms with E-state index >= 15 is 0 Å². The second-order valence-corrected chi connectivity index (χ2v) is 5.41. The monoisotopic (exact) mass is 360 g/mol. The lowest BCUT2D eigenvalue weighted by Gasteiger charge is -2.21. The van der Waals surface area contributed by atoms with Crippen LogP contribution >= 0.6 is 11.6 Å². The summed E-state index contributed by atoms with van der Waals surface area (Å²) in [5, 5.41) is 22.8. The second kappa shape index (κ2) is 10.4. The number of rotatable bonds is 6. The minimum Gasteiger partial charge on any atom is -0.508 e. The smallest absolute Gasteiger partial charge is 0.122 e. The molecule has 0 bridgehead atoms. The van der Waals surface area contributed by atoms with Crippen LogP contribution in [0.3, 0.4) is 0 Å². The summed E-state index contributed by atoms with van der Waals surface area (Å²) in [5.74, 6) is 0.782. The molecular formula is C19H25ClN4O. The number of aryl methyl sites for hydroxylation is 1. The molecule has 0 aliphatic heterocycles. The van der Waals surface area contributed by atoms with Crippen LogP contribution in [0.4, 0.5) is 5.69 Å². The first-order valence-electron chi connectivity index (χ1n) is 8.08. The van der Waals surface area contributed by atoms with Gasteiger partial charge in [-0.15, -0.1) is 0 Å². The van der Waals surface area contributed by atoms with E-state index in [1.165, 1.54) is 0 Å². The van der Waals surface area contributed by atoms with Gasteiger partial charge in [0, 0.05) is 11.6 Å². The topological polar surface area (TPSA) is 60.2 Å². The summed E-state index contributed by atoms with van der Waals surface area (Å²) in [6.07, 6.45) is 0. The lowest BCUT2D eigenvalue weighted by atomic mass is 10.2. The van der Waals surface area contributed by atoms with Gasteiger partial charge in [-0.05, 0) is 42.3 Å². The molecule has 0 saturated heterocycles. The lowest BCUT2D eigenvalue weighted by molar-refractivity contribution is 0.474. The summed E-state index contributed by atoms with van der Waals surface area (Å²) in [7, 11) is 1.59.